The molecule has 0 fully saturated rings. The molecule has 1 aliphatic heterocycles. The zero-order valence-corrected chi connectivity index (χ0v) is 17.3. The van der Waals surface area contributed by atoms with Crippen molar-refractivity contribution in [3.63, 3.8) is 0 Å². The smallest absolute Gasteiger partial charge is 0.198 e. The van der Waals surface area contributed by atoms with Gasteiger partial charge in [-0.2, -0.15) is 0 Å². The van der Waals surface area contributed by atoms with E-state index in [2.05, 4.69) is 27.7 Å². The average Bonchev–Trinajstić information content (AvgIpc) is 2.59. The molecule has 2 aliphatic carbocycles. The van der Waals surface area contributed by atoms with Gasteiger partial charge in [0.15, 0.2) is 23.1 Å². The minimum atomic E-state index is -0.115. The van der Waals surface area contributed by atoms with E-state index in [0.29, 0.717) is 24.4 Å². The van der Waals surface area contributed by atoms with Gasteiger partial charge in [-0.05, 0) is 52.5 Å². The number of allylic oxidation sites excluding steroid dienone is 4. The average molecular weight is 380 g/mol. The van der Waals surface area contributed by atoms with Crippen LogP contribution < -0.4 is 4.74 Å². The highest BCUT2D eigenvalue weighted by Gasteiger charge is 2.47. The Kier molecular flexibility index (Phi) is 4.29. The van der Waals surface area contributed by atoms with Gasteiger partial charge in [0.2, 0.25) is 0 Å². The monoisotopic (exact) mass is 380 g/mol. The van der Waals surface area contributed by atoms with Gasteiger partial charge in [-0.1, -0.05) is 39.8 Å². The summed E-state index contributed by atoms with van der Waals surface area (Å²) in [6.45, 7) is 8.50. The first-order chi connectivity index (χ1) is 13.1. The molecule has 0 spiro atoms. The van der Waals surface area contributed by atoms with Gasteiger partial charge in [-0.15, -0.1) is 0 Å². The van der Waals surface area contributed by atoms with E-state index in [1.54, 1.807) is 7.11 Å². The van der Waals surface area contributed by atoms with Crippen molar-refractivity contribution in [3.8, 4) is 5.75 Å². The number of ketones is 2. The highest BCUT2D eigenvalue weighted by atomic mass is 16.5. The van der Waals surface area contributed by atoms with Crippen molar-refractivity contribution in [2.75, 3.05) is 7.11 Å². The van der Waals surface area contributed by atoms with Gasteiger partial charge < -0.3 is 9.47 Å². The molecule has 4 heteroatoms. The second-order valence-corrected chi connectivity index (χ2v) is 9.90. The fraction of sp³-hybridized carbons (Fsp3) is 0.500. The number of Topliss-reactive ketones (excluding diaryl/α,β-unsaturated/α-hetero) is 2. The van der Waals surface area contributed by atoms with Crippen molar-refractivity contribution in [1.82, 2.24) is 0 Å². The molecule has 0 atom stereocenters. The number of hydrogen-bond acceptors (Lipinski definition) is 4. The molecular formula is C24H28O4. The summed E-state index contributed by atoms with van der Waals surface area (Å²) in [5.74, 6) is 1.54. The maximum atomic E-state index is 12.9. The Bertz CT molecular complexity index is 860. The highest BCUT2D eigenvalue weighted by Crippen LogP contribution is 2.54. The van der Waals surface area contributed by atoms with Crippen LogP contribution in [0.1, 0.15) is 64.9 Å². The first kappa shape index (κ1) is 19.0. The van der Waals surface area contributed by atoms with Crippen LogP contribution in [0.5, 0.6) is 5.75 Å². The van der Waals surface area contributed by atoms with Crippen molar-refractivity contribution < 1.29 is 19.1 Å². The van der Waals surface area contributed by atoms with Gasteiger partial charge >= 0.3 is 0 Å². The van der Waals surface area contributed by atoms with Crippen LogP contribution in [0.3, 0.4) is 0 Å². The van der Waals surface area contributed by atoms with Crippen molar-refractivity contribution in [2.24, 2.45) is 10.8 Å². The van der Waals surface area contributed by atoms with Crippen molar-refractivity contribution >= 4 is 11.6 Å². The van der Waals surface area contributed by atoms with Crippen LogP contribution in [0.2, 0.25) is 0 Å². The number of carbonyl (C=O) groups is 2. The lowest BCUT2D eigenvalue weighted by molar-refractivity contribution is -0.124. The van der Waals surface area contributed by atoms with E-state index in [1.165, 1.54) is 0 Å². The molecular weight excluding hydrogens is 352 g/mol. The van der Waals surface area contributed by atoms with Crippen LogP contribution in [-0.2, 0) is 14.3 Å². The summed E-state index contributed by atoms with van der Waals surface area (Å²) in [5.41, 5.74) is 2.90. The molecule has 0 unspecified atom stereocenters. The van der Waals surface area contributed by atoms with Gasteiger partial charge in [0, 0.05) is 18.8 Å². The van der Waals surface area contributed by atoms with Crippen LogP contribution in [-0.4, -0.2) is 18.7 Å². The Morgan fingerprint density at radius 2 is 1.29 bits per heavy atom. The first-order valence-corrected chi connectivity index (χ1v) is 9.94. The Hall–Kier alpha value is -2.36. The molecule has 0 radical (unpaired) electrons. The molecule has 4 nitrogen and oxygen atoms in total. The van der Waals surface area contributed by atoms with Crippen LogP contribution in [0.15, 0.2) is 46.9 Å². The zero-order valence-electron chi connectivity index (χ0n) is 17.3. The van der Waals surface area contributed by atoms with Gasteiger partial charge in [0.25, 0.3) is 0 Å². The van der Waals surface area contributed by atoms with E-state index in [1.807, 2.05) is 24.3 Å². The SMILES string of the molecule is COc1ccc(C2C3=C(OC4=C2CC(C)(C)CC4=O)C(=O)CC(C)(C)C3)cc1. The molecule has 0 bridgehead atoms. The van der Waals surface area contributed by atoms with E-state index >= 15 is 0 Å². The molecule has 1 aromatic rings. The maximum Gasteiger partial charge on any atom is 0.198 e. The third-order valence-electron chi connectivity index (χ3n) is 6.06. The summed E-state index contributed by atoms with van der Waals surface area (Å²) < 4.78 is 11.4. The molecule has 0 saturated carbocycles. The summed E-state index contributed by atoms with van der Waals surface area (Å²) in [5, 5.41) is 0. The van der Waals surface area contributed by atoms with E-state index in [4.69, 9.17) is 9.47 Å². The van der Waals surface area contributed by atoms with Crippen LogP contribution in [0.25, 0.3) is 0 Å². The quantitative estimate of drug-likeness (QED) is 0.717. The molecule has 1 heterocycles. The summed E-state index contributed by atoms with van der Waals surface area (Å²) in [7, 11) is 1.65. The molecule has 1 aromatic carbocycles. The third kappa shape index (κ3) is 3.19. The predicted molar refractivity (Wildman–Crippen MR) is 107 cm³/mol. The highest BCUT2D eigenvalue weighted by molar-refractivity contribution is 6.01. The standard InChI is InChI=1S/C24H28O4/c1-23(2)10-16-20(14-6-8-15(27-5)9-7-14)17-11-24(3,4)13-19(26)22(17)28-21(16)18(25)12-23/h6-9,20H,10-13H2,1-5H3. The fourth-order valence-corrected chi connectivity index (χ4v) is 4.93. The lowest BCUT2D eigenvalue weighted by atomic mass is 9.64. The molecule has 3 aliphatic rings. The van der Waals surface area contributed by atoms with Crippen LogP contribution in [0, 0.1) is 10.8 Å². The molecule has 0 aromatic heterocycles. The Morgan fingerprint density at radius 1 is 0.821 bits per heavy atom. The van der Waals surface area contributed by atoms with Crippen LogP contribution >= 0.6 is 0 Å². The van der Waals surface area contributed by atoms with Crippen molar-refractivity contribution in [2.45, 2.75) is 59.3 Å². The van der Waals surface area contributed by atoms with Crippen molar-refractivity contribution in [1.29, 1.82) is 0 Å². The molecule has 148 valence electrons. The summed E-state index contributed by atoms with van der Waals surface area (Å²) in [6, 6.07) is 7.97. The van der Waals surface area contributed by atoms with E-state index in [-0.39, 0.29) is 28.3 Å². The molecule has 0 N–H and O–H groups in total. The summed E-state index contributed by atoms with van der Waals surface area (Å²) in [6.07, 6.45) is 2.47. The molecule has 0 saturated heterocycles. The second kappa shape index (κ2) is 6.33. The van der Waals surface area contributed by atoms with Gasteiger partial charge in [-0.25, -0.2) is 0 Å². The number of carbonyl (C=O) groups excluding carboxylic acids is 2. The fourth-order valence-electron chi connectivity index (χ4n) is 4.93. The van der Waals surface area contributed by atoms with E-state index in [0.717, 1.165) is 35.3 Å². The van der Waals surface area contributed by atoms with Crippen LogP contribution in [0.4, 0.5) is 0 Å². The minimum absolute atomic E-state index is 0.00828. The first-order valence-electron chi connectivity index (χ1n) is 9.94. The summed E-state index contributed by atoms with van der Waals surface area (Å²) in [4.78, 5) is 25.8. The number of ether oxygens (including phenoxy) is 2. The Labute approximate surface area is 166 Å². The third-order valence-corrected chi connectivity index (χ3v) is 6.06. The van der Waals surface area contributed by atoms with E-state index in [9.17, 15) is 9.59 Å². The largest absolute Gasteiger partial charge is 0.497 e. The predicted octanol–water partition coefficient (Wildman–Crippen LogP) is 5.10. The topological polar surface area (TPSA) is 52.6 Å². The second-order valence-electron chi connectivity index (χ2n) is 9.90. The van der Waals surface area contributed by atoms with E-state index < -0.39 is 0 Å². The molecule has 0 amide bonds. The summed E-state index contributed by atoms with van der Waals surface area (Å²) >= 11 is 0. The lowest BCUT2D eigenvalue weighted by Gasteiger charge is -2.43. The van der Waals surface area contributed by atoms with Gasteiger partial charge in [0.1, 0.15) is 5.75 Å². The number of rotatable bonds is 2. The molecule has 28 heavy (non-hydrogen) atoms. The zero-order chi connectivity index (χ0) is 20.3. The Balaban J connectivity index is 1.89. The lowest BCUT2D eigenvalue weighted by Crippen LogP contribution is -2.37. The number of methoxy groups -OCH3 is 1. The minimum Gasteiger partial charge on any atom is -0.497 e. The van der Waals surface area contributed by atoms with Crippen molar-refractivity contribution in [3.05, 3.63) is 52.5 Å². The number of benzene rings is 1. The maximum absolute atomic E-state index is 12.9. The normalized spacial score (nSPS) is 23.9. The van der Waals surface area contributed by atoms with Gasteiger partial charge in [0.05, 0.1) is 7.11 Å². The number of hydrogen-bond donors (Lipinski definition) is 0. The van der Waals surface area contributed by atoms with Gasteiger partial charge in [-0.3, -0.25) is 9.59 Å². The Morgan fingerprint density at radius 3 is 1.71 bits per heavy atom. The molecule has 4 rings (SSSR count).